The molecule has 10 N–H and O–H groups in total. The summed E-state index contributed by atoms with van der Waals surface area (Å²) >= 11 is 0. The Morgan fingerprint density at radius 3 is 1.36 bits per heavy atom. The van der Waals surface area contributed by atoms with Crippen LogP contribution in [0.2, 0.25) is 0 Å². The summed E-state index contributed by atoms with van der Waals surface area (Å²) in [4.78, 5) is 9.00. The topological polar surface area (TPSA) is 176 Å². The fourth-order valence-corrected chi connectivity index (χ4v) is 0. The molecular formula is C3H13AlN3O4. The molecule has 0 aromatic heterocycles. The van der Waals surface area contributed by atoms with Crippen LogP contribution in [0.1, 0.15) is 6.92 Å². The minimum absolute atomic E-state index is 0. The smallest absolute Gasteiger partial charge is 0.300 e. The lowest BCUT2D eigenvalue weighted by atomic mass is 10.9. The molecular weight excluding hydrogens is 169 g/mol. The molecule has 0 aliphatic rings. The lowest BCUT2D eigenvalue weighted by Crippen LogP contribution is -2.20. The Bertz CT molecular complexity index is 78.6. The van der Waals surface area contributed by atoms with Crippen molar-refractivity contribution in [3.63, 3.8) is 0 Å². The number of nitrogens with one attached hydrogen (secondary N) is 1. The molecule has 0 fully saturated rings. The fraction of sp³-hybridized carbons (Fsp3) is 0.333. The third kappa shape index (κ3) is 729. The van der Waals surface area contributed by atoms with Crippen LogP contribution >= 0.6 is 0 Å². The first-order valence-electron chi connectivity index (χ1n) is 1.76. The number of carbonyl (C=O) groups is 1. The zero-order chi connectivity index (χ0) is 7.15. The highest BCUT2D eigenvalue weighted by molar-refractivity contribution is 5.75. The molecule has 0 aromatic rings. The maximum absolute atomic E-state index is 9.00. The zero-order valence-electron chi connectivity index (χ0n) is 6.09. The molecule has 0 aliphatic heterocycles. The first-order valence-corrected chi connectivity index (χ1v) is 1.76. The molecule has 0 aliphatic carbocycles. The van der Waals surface area contributed by atoms with Gasteiger partial charge in [0, 0.05) is 24.3 Å². The molecule has 0 amide bonds. The fourth-order valence-electron chi connectivity index (χ4n) is 0. The molecule has 0 unspecified atom stereocenters. The van der Waals surface area contributed by atoms with Gasteiger partial charge in [-0.1, -0.05) is 0 Å². The van der Waals surface area contributed by atoms with Gasteiger partial charge in [-0.15, -0.1) is 0 Å². The highest BCUT2D eigenvalue weighted by Gasteiger charge is 1.65. The van der Waals surface area contributed by atoms with E-state index in [4.69, 9.17) is 15.3 Å². The summed E-state index contributed by atoms with van der Waals surface area (Å²) in [5.41, 5.74) is 8.94. The number of guanidine groups is 1. The molecule has 11 heavy (non-hydrogen) atoms. The van der Waals surface area contributed by atoms with Gasteiger partial charge in [0.05, 0.1) is 0 Å². The largest absolute Gasteiger partial charge is 0.481 e. The molecule has 7 nitrogen and oxygen atoms in total. The predicted molar refractivity (Wildman–Crippen MR) is 42.4 cm³/mol. The Morgan fingerprint density at radius 1 is 1.36 bits per heavy atom. The minimum Gasteiger partial charge on any atom is -0.481 e. The summed E-state index contributed by atoms with van der Waals surface area (Å²) in [5.74, 6) is -1.17. The van der Waals surface area contributed by atoms with Crippen LogP contribution in [0.25, 0.3) is 0 Å². The summed E-state index contributed by atoms with van der Waals surface area (Å²) < 4.78 is 0. The lowest BCUT2D eigenvalue weighted by molar-refractivity contribution is -0.134. The van der Waals surface area contributed by atoms with Gasteiger partial charge >= 0.3 is 0 Å². The second kappa shape index (κ2) is 22.9. The summed E-state index contributed by atoms with van der Waals surface area (Å²) in [6, 6.07) is 0. The molecule has 0 spiro atoms. The number of nitrogens with two attached hydrogens (primary N) is 2. The lowest BCUT2D eigenvalue weighted by Gasteiger charge is -1.69. The van der Waals surface area contributed by atoms with Gasteiger partial charge in [-0.3, -0.25) is 10.2 Å². The van der Waals surface area contributed by atoms with Gasteiger partial charge in [0.2, 0.25) is 0 Å². The third-order valence-electron chi connectivity index (χ3n) is 0. The summed E-state index contributed by atoms with van der Waals surface area (Å²) in [5, 5.41) is 13.5. The van der Waals surface area contributed by atoms with E-state index in [1.807, 2.05) is 0 Å². The highest BCUT2D eigenvalue weighted by atomic mass is 27.0. The van der Waals surface area contributed by atoms with Crippen molar-refractivity contribution in [1.82, 2.24) is 0 Å². The molecule has 0 saturated carbocycles. The molecule has 0 atom stereocenters. The van der Waals surface area contributed by atoms with Crippen LogP contribution in [0.3, 0.4) is 0 Å². The van der Waals surface area contributed by atoms with Gasteiger partial charge in [0.15, 0.2) is 5.96 Å². The molecule has 3 radical (unpaired) electrons. The maximum atomic E-state index is 9.00. The van der Waals surface area contributed by atoms with Crippen LogP contribution in [0.4, 0.5) is 0 Å². The second-order valence-corrected chi connectivity index (χ2v) is 0.974. The van der Waals surface area contributed by atoms with Crippen molar-refractivity contribution in [3.8, 4) is 0 Å². The molecule has 0 saturated heterocycles. The Balaban J connectivity index is -0.0000000171. The average Bonchev–Trinajstić information content (AvgIpc) is 1.25. The van der Waals surface area contributed by atoms with E-state index < -0.39 is 5.97 Å². The van der Waals surface area contributed by atoms with E-state index >= 15 is 0 Å². The zero-order valence-corrected chi connectivity index (χ0v) is 7.24. The van der Waals surface area contributed by atoms with E-state index in [-0.39, 0.29) is 34.3 Å². The van der Waals surface area contributed by atoms with E-state index in [2.05, 4.69) is 11.5 Å². The van der Waals surface area contributed by atoms with Crippen molar-refractivity contribution < 1.29 is 20.9 Å². The standard InChI is InChI=1S/C2H4O2.CH5N3.Al.2H2O/c1-2(3)4;2-1(3)4;;;/h1H3,(H,3,4);(H5,2,3,4);;2*1H2. The van der Waals surface area contributed by atoms with Crippen LogP contribution in [0.15, 0.2) is 0 Å². The van der Waals surface area contributed by atoms with Crippen LogP contribution in [0, 0.1) is 5.41 Å². The van der Waals surface area contributed by atoms with E-state index in [9.17, 15) is 0 Å². The average molecular weight is 182 g/mol. The van der Waals surface area contributed by atoms with Gasteiger partial charge < -0.3 is 27.5 Å². The van der Waals surface area contributed by atoms with E-state index in [1.165, 1.54) is 0 Å². The first-order chi connectivity index (χ1) is 3.46. The Morgan fingerprint density at radius 2 is 1.36 bits per heavy atom. The van der Waals surface area contributed by atoms with Gasteiger partial charge in [-0.2, -0.15) is 0 Å². The van der Waals surface area contributed by atoms with Crippen molar-refractivity contribution in [2.24, 2.45) is 11.5 Å². The monoisotopic (exact) mass is 182 g/mol. The number of rotatable bonds is 0. The number of hydrogen-bond acceptors (Lipinski definition) is 2. The molecule has 8 heteroatoms. The summed E-state index contributed by atoms with van der Waals surface area (Å²) in [6.07, 6.45) is 0. The molecule has 0 heterocycles. The van der Waals surface area contributed by atoms with Gasteiger partial charge in [-0.25, -0.2) is 0 Å². The quantitative estimate of drug-likeness (QED) is 0.176. The van der Waals surface area contributed by atoms with Crippen molar-refractivity contribution in [1.29, 1.82) is 5.41 Å². The van der Waals surface area contributed by atoms with E-state index in [0.29, 0.717) is 0 Å². The molecule has 67 valence electrons. The van der Waals surface area contributed by atoms with Crippen LogP contribution < -0.4 is 11.5 Å². The number of carboxylic acids is 1. The van der Waals surface area contributed by atoms with Crippen molar-refractivity contribution in [2.45, 2.75) is 6.92 Å². The summed E-state index contributed by atoms with van der Waals surface area (Å²) in [6.45, 7) is 1.08. The second-order valence-electron chi connectivity index (χ2n) is 0.974. The van der Waals surface area contributed by atoms with Gasteiger partial charge in [0.25, 0.3) is 5.97 Å². The maximum Gasteiger partial charge on any atom is 0.300 e. The summed E-state index contributed by atoms with van der Waals surface area (Å²) in [7, 11) is 0. The molecule has 0 bridgehead atoms. The van der Waals surface area contributed by atoms with Crippen molar-refractivity contribution in [3.05, 3.63) is 0 Å². The van der Waals surface area contributed by atoms with Crippen LogP contribution in [-0.2, 0) is 4.79 Å². The number of carboxylic acid groups (broad SMARTS) is 1. The number of aliphatic carboxylic acids is 1. The van der Waals surface area contributed by atoms with Crippen LogP contribution in [-0.4, -0.2) is 45.3 Å². The van der Waals surface area contributed by atoms with Crippen molar-refractivity contribution in [2.75, 3.05) is 0 Å². The van der Waals surface area contributed by atoms with Crippen molar-refractivity contribution >= 4 is 29.3 Å². The van der Waals surface area contributed by atoms with Crippen LogP contribution in [0.5, 0.6) is 0 Å². The highest BCUT2D eigenvalue weighted by Crippen LogP contribution is 1.42. The van der Waals surface area contributed by atoms with E-state index in [0.717, 1.165) is 6.92 Å². The third-order valence-corrected chi connectivity index (χ3v) is 0. The predicted octanol–water partition coefficient (Wildman–Crippen LogP) is -3.10. The normalized spacial score (nSPS) is 4.45. The first kappa shape index (κ1) is 31.9. The molecule has 0 rings (SSSR count). The number of hydrogen-bond donors (Lipinski definition) is 4. The SMILES string of the molecule is CC(=O)O.N=C(N)N.O.O.[Al]. The Kier molecular flexibility index (Phi) is 66.5. The minimum atomic E-state index is -0.833. The van der Waals surface area contributed by atoms with Gasteiger partial charge in [-0.05, 0) is 0 Å². The van der Waals surface area contributed by atoms with Gasteiger partial charge in [0.1, 0.15) is 0 Å². The Labute approximate surface area is 74.6 Å². The Hall–Kier alpha value is -0.808. The molecule has 0 aromatic carbocycles. The van der Waals surface area contributed by atoms with E-state index in [1.54, 1.807) is 0 Å².